The summed E-state index contributed by atoms with van der Waals surface area (Å²) in [4.78, 5) is 38.6. The molecule has 2 aliphatic heterocycles. The minimum atomic E-state index is -4.64. The van der Waals surface area contributed by atoms with Gasteiger partial charge in [-0.25, -0.2) is 14.3 Å². The molecule has 0 unspecified atom stereocenters. The lowest BCUT2D eigenvalue weighted by Gasteiger charge is -2.47. The molecule has 192 valence electrons. The van der Waals surface area contributed by atoms with Crippen LogP contribution in [0.4, 0.5) is 32.5 Å². The van der Waals surface area contributed by atoms with E-state index >= 15 is 4.48 Å². The summed E-state index contributed by atoms with van der Waals surface area (Å²) >= 11 is 0. The number of benzene rings is 2. The molecule has 2 aromatic carbocycles. The van der Waals surface area contributed by atoms with E-state index in [2.05, 4.69) is 5.32 Å². The number of amides is 3. The zero-order valence-corrected chi connectivity index (χ0v) is 19.0. The molecule has 7 nitrogen and oxygen atoms in total. The molecule has 3 amide bonds. The monoisotopic (exact) mass is 510 g/mol. The first-order chi connectivity index (χ1) is 17.0. The van der Waals surface area contributed by atoms with Crippen LogP contribution in [0.3, 0.4) is 0 Å². The van der Waals surface area contributed by atoms with E-state index in [4.69, 9.17) is 0 Å². The summed E-state index contributed by atoms with van der Waals surface area (Å²) < 4.78 is 66.2. The molecular formula is C24H23F5N4O3. The molecule has 2 aliphatic rings. The summed E-state index contributed by atoms with van der Waals surface area (Å²) in [6, 6.07) is 9.28. The molecule has 2 heterocycles. The van der Waals surface area contributed by atoms with Gasteiger partial charge in [-0.05, 0) is 42.7 Å². The molecule has 4 rings (SSSR count). The van der Waals surface area contributed by atoms with Crippen LogP contribution in [0.25, 0.3) is 0 Å². The van der Waals surface area contributed by atoms with E-state index in [9.17, 15) is 31.9 Å². The van der Waals surface area contributed by atoms with Gasteiger partial charge < -0.3 is 15.5 Å². The third-order valence-corrected chi connectivity index (χ3v) is 6.47. The summed E-state index contributed by atoms with van der Waals surface area (Å²) in [5.41, 5.74) is -0.747. The number of hydrogen-bond acceptors (Lipinski definition) is 4. The molecule has 1 saturated heterocycles. The van der Waals surface area contributed by atoms with Crippen molar-refractivity contribution >= 4 is 23.4 Å². The molecule has 2 N–H and O–H groups in total. The third-order valence-electron chi connectivity index (χ3n) is 6.47. The van der Waals surface area contributed by atoms with Gasteiger partial charge in [-0.2, -0.15) is 13.2 Å². The average Bonchev–Trinajstić information content (AvgIpc) is 2.85. The maximum absolute atomic E-state index is 15.3. The highest BCUT2D eigenvalue weighted by atomic mass is 19.4. The van der Waals surface area contributed by atoms with Gasteiger partial charge in [0.05, 0.1) is 16.8 Å². The number of likely N-dealkylation sites (tertiary alicyclic amines) is 1. The number of nitrogens with zero attached hydrogens (tertiary/aromatic N) is 2. The Morgan fingerprint density at radius 3 is 2.42 bits per heavy atom. The summed E-state index contributed by atoms with van der Waals surface area (Å²) in [6.45, 7) is -1.33. The number of nitrogens with one attached hydrogen (secondary N) is 2. The number of fused-ring (bicyclic) bond motifs is 1. The normalized spacial score (nSPS) is 17.1. The Hall–Kier alpha value is -3.70. The van der Waals surface area contributed by atoms with Gasteiger partial charge >= 0.3 is 12.2 Å². The molecule has 36 heavy (non-hydrogen) atoms. The van der Waals surface area contributed by atoms with Crippen molar-refractivity contribution in [2.24, 2.45) is 0 Å². The van der Waals surface area contributed by atoms with Crippen molar-refractivity contribution in [3.8, 4) is 0 Å². The largest absolute Gasteiger partial charge is 0.405 e. The minimum Gasteiger partial charge on any atom is -0.343 e. The Bertz CT molecular complexity index is 1180. The average molecular weight is 510 g/mol. The van der Waals surface area contributed by atoms with Crippen LogP contribution in [0, 0.1) is 5.82 Å². The SMILES string of the molecule is O=C(NCC(F)(F)F)c1cc(CNC(=O)N2CCC3(CC2)CC(=O)c2ccccc2N3F)ccc1F. The summed E-state index contributed by atoms with van der Waals surface area (Å²) in [6.07, 6.45) is -4.17. The first kappa shape index (κ1) is 25.4. The van der Waals surface area contributed by atoms with Gasteiger partial charge in [0.25, 0.3) is 5.91 Å². The fraction of sp³-hybridized carbons (Fsp3) is 0.375. The zero-order valence-electron chi connectivity index (χ0n) is 19.0. The molecule has 1 spiro atoms. The Labute approximate surface area is 203 Å². The number of para-hydroxylation sites is 1. The zero-order chi connectivity index (χ0) is 26.1. The van der Waals surface area contributed by atoms with Gasteiger partial charge in [0.2, 0.25) is 0 Å². The smallest absolute Gasteiger partial charge is 0.343 e. The number of anilines is 1. The van der Waals surface area contributed by atoms with Crippen LogP contribution in [-0.2, 0) is 6.54 Å². The van der Waals surface area contributed by atoms with Crippen LogP contribution in [0.2, 0.25) is 0 Å². The van der Waals surface area contributed by atoms with Crippen molar-refractivity contribution < 1.29 is 36.4 Å². The minimum absolute atomic E-state index is 0.00469. The molecule has 1 fully saturated rings. The number of rotatable bonds is 4. The van der Waals surface area contributed by atoms with Gasteiger partial charge in [0, 0.05) is 31.6 Å². The van der Waals surface area contributed by atoms with Gasteiger partial charge in [-0.1, -0.05) is 22.7 Å². The predicted octanol–water partition coefficient (Wildman–Crippen LogP) is 4.14. The van der Waals surface area contributed by atoms with E-state index in [0.29, 0.717) is 16.2 Å². The standard InChI is InChI=1S/C24H23F5N4O3/c25-18-6-5-15(11-17(18)21(35)31-14-24(26,27)28)13-30-22(36)32-9-7-23(8-10-32)12-20(34)16-3-1-2-4-19(16)33(23)29/h1-6,11H,7-10,12-14H2,(H,30,36)(H,31,35). The molecule has 2 aromatic rings. The van der Waals surface area contributed by atoms with Crippen molar-refractivity contribution in [3.05, 3.63) is 65.0 Å². The molecule has 0 aromatic heterocycles. The van der Waals surface area contributed by atoms with E-state index in [-0.39, 0.29) is 50.4 Å². The van der Waals surface area contributed by atoms with Crippen LogP contribution in [-0.4, -0.2) is 54.0 Å². The van der Waals surface area contributed by atoms with Crippen LogP contribution in [0.1, 0.15) is 45.5 Å². The van der Waals surface area contributed by atoms with Crippen molar-refractivity contribution in [3.63, 3.8) is 0 Å². The van der Waals surface area contributed by atoms with E-state index in [1.807, 2.05) is 0 Å². The highest BCUT2D eigenvalue weighted by Crippen LogP contribution is 2.43. The Morgan fingerprint density at radius 1 is 1.03 bits per heavy atom. The lowest BCUT2D eigenvalue weighted by atomic mass is 9.78. The second-order valence-electron chi connectivity index (χ2n) is 8.88. The second-order valence-corrected chi connectivity index (χ2v) is 8.88. The first-order valence-corrected chi connectivity index (χ1v) is 11.2. The van der Waals surface area contributed by atoms with Crippen LogP contribution in [0.15, 0.2) is 42.5 Å². The number of carbonyl (C=O) groups excluding carboxylic acids is 3. The summed E-state index contributed by atoms with van der Waals surface area (Å²) in [5.74, 6) is -2.37. The molecular weight excluding hydrogens is 487 g/mol. The number of hydrogen-bond donors (Lipinski definition) is 2. The van der Waals surface area contributed by atoms with Gasteiger partial charge in [0.15, 0.2) is 5.78 Å². The number of halogens is 5. The number of ketones is 1. The number of urea groups is 1. The maximum Gasteiger partial charge on any atom is 0.405 e. The van der Waals surface area contributed by atoms with Crippen molar-refractivity contribution in [2.75, 3.05) is 24.8 Å². The Morgan fingerprint density at radius 2 is 1.72 bits per heavy atom. The number of Topliss-reactive ketones (excluding diaryl/α,β-unsaturated/α-hetero) is 1. The topological polar surface area (TPSA) is 81.8 Å². The first-order valence-electron chi connectivity index (χ1n) is 11.2. The van der Waals surface area contributed by atoms with Crippen LogP contribution in [0.5, 0.6) is 0 Å². The Kier molecular flexibility index (Phi) is 6.87. The number of alkyl halides is 3. The predicted molar refractivity (Wildman–Crippen MR) is 120 cm³/mol. The lowest BCUT2D eigenvalue weighted by molar-refractivity contribution is -0.123. The lowest BCUT2D eigenvalue weighted by Crippen LogP contribution is -2.57. The van der Waals surface area contributed by atoms with Crippen molar-refractivity contribution in [1.29, 1.82) is 0 Å². The highest BCUT2D eigenvalue weighted by Gasteiger charge is 2.47. The van der Waals surface area contributed by atoms with Crippen molar-refractivity contribution in [1.82, 2.24) is 15.5 Å². The number of piperidine rings is 1. The molecule has 0 bridgehead atoms. The quantitative estimate of drug-likeness (QED) is 0.479. The van der Waals surface area contributed by atoms with Gasteiger partial charge in [0.1, 0.15) is 12.4 Å². The molecule has 0 atom stereocenters. The van der Waals surface area contributed by atoms with E-state index in [1.165, 1.54) is 11.0 Å². The highest BCUT2D eigenvalue weighted by molar-refractivity contribution is 6.04. The maximum atomic E-state index is 15.3. The fourth-order valence-electron chi connectivity index (χ4n) is 4.52. The molecule has 12 heteroatoms. The van der Waals surface area contributed by atoms with E-state index < -0.39 is 41.6 Å². The fourth-order valence-corrected chi connectivity index (χ4v) is 4.52. The number of carbonyl (C=O) groups is 3. The third kappa shape index (κ3) is 5.26. The van der Waals surface area contributed by atoms with Gasteiger partial charge in [-0.3, -0.25) is 9.59 Å². The summed E-state index contributed by atoms with van der Waals surface area (Å²) in [5, 5.41) is 4.86. The second kappa shape index (κ2) is 9.75. The van der Waals surface area contributed by atoms with Crippen LogP contribution >= 0.6 is 0 Å². The van der Waals surface area contributed by atoms with Crippen molar-refractivity contribution in [2.45, 2.75) is 37.5 Å². The van der Waals surface area contributed by atoms with E-state index in [0.717, 1.165) is 12.1 Å². The summed E-state index contributed by atoms with van der Waals surface area (Å²) in [7, 11) is 0. The van der Waals surface area contributed by atoms with Gasteiger partial charge in [-0.15, -0.1) is 0 Å². The van der Waals surface area contributed by atoms with E-state index in [1.54, 1.807) is 29.6 Å². The molecule has 0 radical (unpaired) electrons. The van der Waals surface area contributed by atoms with Crippen LogP contribution < -0.4 is 15.8 Å². The molecule has 0 aliphatic carbocycles. The molecule has 0 saturated carbocycles. The Balaban J connectivity index is 1.34.